The highest BCUT2D eigenvalue weighted by atomic mass is 79.9. The van der Waals surface area contributed by atoms with E-state index in [4.69, 9.17) is 6.42 Å². The number of carbonyl (C=O) groups excluding carboxylic acids is 1. The Labute approximate surface area is 63.1 Å². The standard InChI is InChI=1S/C6H8BrNO/c1-3-5(2)8-6(9)4-7/h1,5H,4H2,2H3,(H,8,9). The van der Waals surface area contributed by atoms with Gasteiger partial charge in [0.05, 0.1) is 11.4 Å². The molecule has 0 aliphatic carbocycles. The number of carbonyl (C=O) groups is 1. The molecule has 3 heteroatoms. The van der Waals surface area contributed by atoms with Crippen LogP contribution < -0.4 is 5.32 Å². The van der Waals surface area contributed by atoms with Gasteiger partial charge >= 0.3 is 0 Å². The number of rotatable bonds is 2. The van der Waals surface area contributed by atoms with Crippen LogP contribution in [-0.4, -0.2) is 17.3 Å². The Hall–Kier alpha value is -0.490. The van der Waals surface area contributed by atoms with Crippen LogP contribution in [0, 0.1) is 12.3 Å². The molecule has 0 heterocycles. The van der Waals surface area contributed by atoms with Gasteiger partial charge in [0.2, 0.25) is 5.91 Å². The van der Waals surface area contributed by atoms with Crippen molar-refractivity contribution in [1.29, 1.82) is 0 Å². The molecule has 0 aliphatic rings. The molecule has 0 saturated heterocycles. The van der Waals surface area contributed by atoms with E-state index in [1.54, 1.807) is 6.92 Å². The van der Waals surface area contributed by atoms with Crippen molar-refractivity contribution in [1.82, 2.24) is 5.32 Å². The lowest BCUT2D eigenvalue weighted by molar-refractivity contribution is -0.118. The van der Waals surface area contributed by atoms with E-state index in [0.717, 1.165) is 0 Å². The summed E-state index contributed by atoms with van der Waals surface area (Å²) in [5.41, 5.74) is 0. The van der Waals surface area contributed by atoms with Crippen molar-refractivity contribution < 1.29 is 4.79 Å². The van der Waals surface area contributed by atoms with Gasteiger partial charge in [0, 0.05) is 0 Å². The SMILES string of the molecule is C#CC(C)NC(=O)CBr. The molecule has 0 radical (unpaired) electrons. The maximum Gasteiger partial charge on any atom is 0.231 e. The molecule has 0 aromatic carbocycles. The van der Waals surface area contributed by atoms with Gasteiger partial charge in [-0.3, -0.25) is 4.79 Å². The van der Waals surface area contributed by atoms with Gasteiger partial charge in [-0.2, -0.15) is 0 Å². The largest absolute Gasteiger partial charge is 0.342 e. The van der Waals surface area contributed by atoms with Gasteiger partial charge in [-0.1, -0.05) is 21.9 Å². The Morgan fingerprint density at radius 2 is 2.56 bits per heavy atom. The second-order valence-corrected chi connectivity index (χ2v) is 2.15. The first kappa shape index (κ1) is 8.51. The predicted octanol–water partition coefficient (Wildman–Crippen LogP) is 0.519. The maximum absolute atomic E-state index is 10.5. The molecule has 1 amide bonds. The highest BCUT2D eigenvalue weighted by Crippen LogP contribution is 1.81. The number of hydrogen-bond donors (Lipinski definition) is 1. The molecule has 0 bridgehead atoms. The van der Waals surface area contributed by atoms with Crippen LogP contribution in [0.3, 0.4) is 0 Å². The van der Waals surface area contributed by atoms with Crippen molar-refractivity contribution in [2.75, 3.05) is 5.33 Å². The van der Waals surface area contributed by atoms with E-state index in [-0.39, 0.29) is 11.9 Å². The van der Waals surface area contributed by atoms with Crippen molar-refractivity contribution >= 4 is 21.8 Å². The lowest BCUT2D eigenvalue weighted by Gasteiger charge is -2.03. The molecule has 2 nitrogen and oxygen atoms in total. The molecule has 1 unspecified atom stereocenters. The van der Waals surface area contributed by atoms with Gasteiger partial charge in [0.1, 0.15) is 0 Å². The molecule has 0 rings (SSSR count). The summed E-state index contributed by atoms with van der Waals surface area (Å²) in [5.74, 6) is 2.29. The number of amides is 1. The molecule has 0 saturated carbocycles. The average Bonchev–Trinajstić information content (AvgIpc) is 1.87. The molecule has 9 heavy (non-hydrogen) atoms. The Morgan fingerprint density at radius 3 is 2.89 bits per heavy atom. The molecule has 0 aromatic heterocycles. The van der Waals surface area contributed by atoms with Crippen LogP contribution in [-0.2, 0) is 4.79 Å². The molecule has 0 aromatic rings. The predicted molar refractivity (Wildman–Crippen MR) is 40.2 cm³/mol. The minimum absolute atomic E-state index is 0.0829. The van der Waals surface area contributed by atoms with E-state index in [9.17, 15) is 4.79 Å². The van der Waals surface area contributed by atoms with Gasteiger partial charge < -0.3 is 5.32 Å². The molecule has 0 spiro atoms. The van der Waals surface area contributed by atoms with Crippen LogP contribution >= 0.6 is 15.9 Å². The van der Waals surface area contributed by atoms with E-state index in [1.165, 1.54) is 0 Å². The number of terminal acetylenes is 1. The van der Waals surface area contributed by atoms with Gasteiger partial charge in [-0.05, 0) is 6.92 Å². The van der Waals surface area contributed by atoms with Crippen LogP contribution in [0.4, 0.5) is 0 Å². The summed E-state index contributed by atoms with van der Waals surface area (Å²) >= 11 is 2.99. The zero-order valence-corrected chi connectivity index (χ0v) is 6.73. The van der Waals surface area contributed by atoms with E-state index in [1.807, 2.05) is 0 Å². The minimum Gasteiger partial charge on any atom is -0.342 e. The monoisotopic (exact) mass is 189 g/mol. The van der Waals surface area contributed by atoms with Crippen LogP contribution in [0.1, 0.15) is 6.92 Å². The summed E-state index contributed by atoms with van der Waals surface area (Å²) in [6, 6.07) is -0.171. The lowest BCUT2D eigenvalue weighted by Crippen LogP contribution is -2.31. The normalized spacial score (nSPS) is 11.7. The maximum atomic E-state index is 10.5. The van der Waals surface area contributed by atoms with Crippen molar-refractivity contribution in [2.24, 2.45) is 0 Å². The molecule has 0 aliphatic heterocycles. The fourth-order valence-corrected chi connectivity index (χ4v) is 0.484. The van der Waals surface area contributed by atoms with E-state index < -0.39 is 0 Å². The molecular weight excluding hydrogens is 182 g/mol. The summed E-state index contributed by atoms with van der Waals surface area (Å²) < 4.78 is 0. The summed E-state index contributed by atoms with van der Waals surface area (Å²) in [4.78, 5) is 10.5. The zero-order chi connectivity index (χ0) is 7.28. The lowest BCUT2D eigenvalue weighted by atomic mass is 10.3. The Kier molecular flexibility index (Phi) is 4.16. The Bertz CT molecular complexity index is 138. The Balaban J connectivity index is 3.50. The third-order valence-electron chi connectivity index (χ3n) is 0.749. The van der Waals surface area contributed by atoms with Crippen molar-refractivity contribution in [3.8, 4) is 12.3 Å². The second-order valence-electron chi connectivity index (χ2n) is 1.59. The van der Waals surface area contributed by atoms with Crippen LogP contribution in [0.5, 0.6) is 0 Å². The number of halogens is 1. The van der Waals surface area contributed by atoms with Gasteiger partial charge in [0.25, 0.3) is 0 Å². The van der Waals surface area contributed by atoms with Crippen LogP contribution in [0.25, 0.3) is 0 Å². The van der Waals surface area contributed by atoms with Crippen LogP contribution in [0.15, 0.2) is 0 Å². The smallest absolute Gasteiger partial charge is 0.231 e. The molecule has 1 N–H and O–H groups in total. The number of nitrogens with one attached hydrogen (secondary N) is 1. The molecular formula is C6H8BrNO. The first-order valence-corrected chi connectivity index (χ1v) is 3.64. The molecule has 50 valence electrons. The fourth-order valence-electron chi connectivity index (χ4n) is 0.322. The molecule has 1 atom stereocenters. The fraction of sp³-hybridized carbons (Fsp3) is 0.500. The highest BCUT2D eigenvalue weighted by Gasteiger charge is 1.99. The topological polar surface area (TPSA) is 29.1 Å². The average molecular weight is 190 g/mol. The number of hydrogen-bond acceptors (Lipinski definition) is 1. The minimum atomic E-state index is -0.171. The summed E-state index contributed by atoms with van der Waals surface area (Å²) in [5, 5.41) is 2.86. The second kappa shape index (κ2) is 4.39. The Morgan fingerprint density at radius 1 is 2.00 bits per heavy atom. The van der Waals surface area contributed by atoms with Gasteiger partial charge in [-0.15, -0.1) is 6.42 Å². The summed E-state index contributed by atoms with van der Waals surface area (Å²) in [7, 11) is 0. The highest BCUT2D eigenvalue weighted by molar-refractivity contribution is 9.09. The third kappa shape index (κ3) is 4.04. The van der Waals surface area contributed by atoms with E-state index >= 15 is 0 Å². The van der Waals surface area contributed by atoms with Crippen molar-refractivity contribution in [3.63, 3.8) is 0 Å². The van der Waals surface area contributed by atoms with E-state index in [0.29, 0.717) is 5.33 Å². The first-order valence-electron chi connectivity index (χ1n) is 2.52. The first-order chi connectivity index (χ1) is 4.20. The quantitative estimate of drug-likeness (QED) is 0.499. The zero-order valence-electron chi connectivity index (χ0n) is 5.15. The number of alkyl halides is 1. The van der Waals surface area contributed by atoms with Crippen molar-refractivity contribution in [3.05, 3.63) is 0 Å². The van der Waals surface area contributed by atoms with Crippen molar-refractivity contribution in [2.45, 2.75) is 13.0 Å². The van der Waals surface area contributed by atoms with Gasteiger partial charge in [0.15, 0.2) is 0 Å². The van der Waals surface area contributed by atoms with Gasteiger partial charge in [-0.25, -0.2) is 0 Å². The molecule has 0 fully saturated rings. The summed E-state index contributed by atoms with van der Waals surface area (Å²) in [6.07, 6.45) is 5.00. The third-order valence-corrected chi connectivity index (χ3v) is 1.26. The summed E-state index contributed by atoms with van der Waals surface area (Å²) in [6.45, 7) is 1.75. The van der Waals surface area contributed by atoms with Crippen LogP contribution in [0.2, 0.25) is 0 Å². The van der Waals surface area contributed by atoms with E-state index in [2.05, 4.69) is 27.2 Å².